The molecular weight excluding hydrogens is 424 g/mol. The maximum atomic E-state index is 7.21. The van der Waals surface area contributed by atoms with Crippen LogP contribution < -0.4 is 19.2 Å². The van der Waals surface area contributed by atoms with Crippen molar-refractivity contribution in [3.63, 3.8) is 0 Å². The molecule has 32 heavy (non-hydrogen) atoms. The molecule has 4 rings (SSSR count). The first kappa shape index (κ1) is 22.9. The second-order valence-electron chi connectivity index (χ2n) is 11.5. The molecule has 1 heterocycles. The second-order valence-corrected chi connectivity index (χ2v) is 20.4. The first-order valence-corrected chi connectivity index (χ1v) is 16.4. The van der Waals surface area contributed by atoms with E-state index in [1.807, 2.05) is 0 Å². The van der Waals surface area contributed by atoms with E-state index in [-0.39, 0.29) is 10.1 Å². The van der Waals surface area contributed by atoms with E-state index in [1.54, 1.807) is 0 Å². The maximum absolute atomic E-state index is 7.21. The van der Waals surface area contributed by atoms with E-state index < -0.39 is 16.6 Å². The van der Waals surface area contributed by atoms with Crippen LogP contribution in [0.25, 0.3) is 11.1 Å². The second kappa shape index (κ2) is 7.63. The van der Waals surface area contributed by atoms with Gasteiger partial charge < -0.3 is 8.85 Å². The standard InChI is InChI=1S/C28H36O2Si2/c1-27(2,3)31(7,8)29-21-18-19-23-24-16-12-13-17-26(24)32(28(4,5)6,30-25(23)20-21)22-14-10-9-11-15-22/h9-20H,1-8H3. The van der Waals surface area contributed by atoms with Gasteiger partial charge in [-0.3, -0.25) is 0 Å². The van der Waals surface area contributed by atoms with E-state index in [0.717, 1.165) is 17.1 Å². The molecule has 3 aromatic carbocycles. The van der Waals surface area contributed by atoms with Crippen molar-refractivity contribution in [2.75, 3.05) is 0 Å². The first-order valence-electron chi connectivity index (χ1n) is 11.5. The third-order valence-electron chi connectivity index (χ3n) is 7.23. The van der Waals surface area contributed by atoms with E-state index >= 15 is 0 Å². The Labute approximate surface area is 195 Å². The van der Waals surface area contributed by atoms with Crippen LogP contribution in [0.3, 0.4) is 0 Å². The SMILES string of the molecule is CC(C)(C)[Si](C)(C)Oc1ccc2c(c1)O[Si](c1ccccc1)(C(C)(C)C)c1ccccc1-2. The van der Waals surface area contributed by atoms with Gasteiger partial charge in [-0.2, -0.15) is 0 Å². The van der Waals surface area contributed by atoms with Gasteiger partial charge in [-0.15, -0.1) is 0 Å². The van der Waals surface area contributed by atoms with Crippen molar-refractivity contribution >= 4 is 27.0 Å². The van der Waals surface area contributed by atoms with Gasteiger partial charge in [0.25, 0.3) is 0 Å². The normalized spacial score (nSPS) is 18.4. The molecule has 168 valence electrons. The highest BCUT2D eigenvalue weighted by molar-refractivity contribution is 7.01. The van der Waals surface area contributed by atoms with Crippen LogP contribution in [0.15, 0.2) is 72.8 Å². The zero-order valence-electron chi connectivity index (χ0n) is 20.7. The molecule has 2 nitrogen and oxygen atoms in total. The first-order chi connectivity index (χ1) is 14.9. The molecule has 3 aromatic rings. The Morgan fingerprint density at radius 1 is 0.750 bits per heavy atom. The minimum atomic E-state index is -2.59. The van der Waals surface area contributed by atoms with Gasteiger partial charge in [-0.05, 0) is 51.2 Å². The monoisotopic (exact) mass is 460 g/mol. The fourth-order valence-corrected chi connectivity index (χ4v) is 10.1. The van der Waals surface area contributed by atoms with Crippen LogP contribution in [0.5, 0.6) is 11.5 Å². The van der Waals surface area contributed by atoms with Gasteiger partial charge in [-0.1, -0.05) is 96.1 Å². The maximum Gasteiger partial charge on any atom is 0.320 e. The van der Waals surface area contributed by atoms with Gasteiger partial charge in [-0.25, -0.2) is 0 Å². The molecular formula is C28H36O2Si2. The molecule has 0 fully saturated rings. The van der Waals surface area contributed by atoms with Crippen LogP contribution in [-0.2, 0) is 0 Å². The third kappa shape index (κ3) is 3.63. The summed E-state index contributed by atoms with van der Waals surface area (Å²) in [5.74, 6) is 1.87. The molecule has 1 aliphatic heterocycles. The molecule has 1 atom stereocenters. The van der Waals surface area contributed by atoms with E-state index in [0.29, 0.717) is 0 Å². The summed E-state index contributed by atoms with van der Waals surface area (Å²) in [6.45, 7) is 18.4. The Balaban J connectivity index is 1.92. The average Bonchev–Trinajstić information content (AvgIpc) is 2.71. The van der Waals surface area contributed by atoms with Gasteiger partial charge in [0.2, 0.25) is 8.32 Å². The Morgan fingerprint density at radius 3 is 2.00 bits per heavy atom. The molecule has 1 unspecified atom stereocenters. The predicted octanol–water partition coefficient (Wildman–Crippen LogP) is 6.99. The van der Waals surface area contributed by atoms with Gasteiger partial charge in [0, 0.05) is 11.6 Å². The smallest absolute Gasteiger partial charge is 0.320 e. The van der Waals surface area contributed by atoms with Crippen LogP contribution in [0, 0.1) is 0 Å². The molecule has 0 saturated carbocycles. The van der Waals surface area contributed by atoms with Gasteiger partial charge in [0.05, 0.1) is 0 Å². The van der Waals surface area contributed by atoms with Crippen molar-refractivity contribution in [2.45, 2.75) is 64.7 Å². The molecule has 0 amide bonds. The molecule has 0 N–H and O–H groups in total. The quantitative estimate of drug-likeness (QED) is 0.392. The highest BCUT2D eigenvalue weighted by atomic mass is 28.4. The predicted molar refractivity (Wildman–Crippen MR) is 142 cm³/mol. The van der Waals surface area contributed by atoms with Crippen molar-refractivity contribution in [1.29, 1.82) is 0 Å². The zero-order valence-corrected chi connectivity index (χ0v) is 22.7. The lowest BCUT2D eigenvalue weighted by atomic mass is 10.0. The Kier molecular flexibility index (Phi) is 5.46. The van der Waals surface area contributed by atoms with Gasteiger partial charge in [0.1, 0.15) is 11.5 Å². The number of rotatable bonds is 3. The van der Waals surface area contributed by atoms with Crippen molar-refractivity contribution < 1.29 is 8.85 Å². The van der Waals surface area contributed by atoms with E-state index in [2.05, 4.69) is 127 Å². The van der Waals surface area contributed by atoms with Crippen LogP contribution in [0.2, 0.25) is 23.2 Å². The minimum absolute atomic E-state index is 0.0432. The van der Waals surface area contributed by atoms with E-state index in [1.165, 1.54) is 15.9 Å². The summed E-state index contributed by atoms with van der Waals surface area (Å²) >= 11 is 0. The van der Waals surface area contributed by atoms with Crippen molar-refractivity contribution in [3.8, 4) is 22.6 Å². The number of hydrogen-bond acceptors (Lipinski definition) is 2. The molecule has 1 aliphatic rings. The average molecular weight is 461 g/mol. The largest absolute Gasteiger partial charge is 0.543 e. The molecule has 0 radical (unpaired) electrons. The summed E-state index contributed by atoms with van der Waals surface area (Å²) < 4.78 is 13.9. The highest BCUT2D eigenvalue weighted by Gasteiger charge is 2.55. The fraction of sp³-hybridized carbons (Fsp3) is 0.357. The molecule has 0 aliphatic carbocycles. The molecule has 0 spiro atoms. The van der Waals surface area contributed by atoms with Crippen LogP contribution >= 0.6 is 0 Å². The number of fused-ring (bicyclic) bond motifs is 3. The van der Waals surface area contributed by atoms with Crippen molar-refractivity contribution in [1.82, 2.24) is 0 Å². The van der Waals surface area contributed by atoms with E-state index in [9.17, 15) is 0 Å². The summed E-state index contributed by atoms with van der Waals surface area (Å²) in [7, 11) is -4.54. The Morgan fingerprint density at radius 2 is 1.38 bits per heavy atom. The lowest BCUT2D eigenvalue weighted by Gasteiger charge is -2.46. The number of benzene rings is 3. The molecule has 0 saturated heterocycles. The lowest BCUT2D eigenvalue weighted by Crippen LogP contribution is -2.70. The highest BCUT2D eigenvalue weighted by Crippen LogP contribution is 2.47. The van der Waals surface area contributed by atoms with Crippen LogP contribution in [0.4, 0.5) is 0 Å². The van der Waals surface area contributed by atoms with Crippen LogP contribution in [0.1, 0.15) is 41.5 Å². The van der Waals surface area contributed by atoms with Gasteiger partial charge in [0.15, 0.2) is 0 Å². The topological polar surface area (TPSA) is 18.5 Å². The molecule has 0 aromatic heterocycles. The third-order valence-corrected chi connectivity index (χ3v) is 16.6. The summed E-state index contributed by atoms with van der Waals surface area (Å²) in [6, 6.07) is 26.1. The lowest BCUT2D eigenvalue weighted by molar-refractivity contribution is 0.480. The van der Waals surface area contributed by atoms with Gasteiger partial charge >= 0.3 is 8.32 Å². The minimum Gasteiger partial charge on any atom is -0.543 e. The summed E-state index contributed by atoms with van der Waals surface area (Å²) in [5.41, 5.74) is 2.45. The summed E-state index contributed by atoms with van der Waals surface area (Å²) in [5, 5.41) is 2.76. The number of hydrogen-bond donors (Lipinski definition) is 0. The summed E-state index contributed by atoms with van der Waals surface area (Å²) in [6.07, 6.45) is 0. The van der Waals surface area contributed by atoms with Crippen molar-refractivity contribution in [2.24, 2.45) is 0 Å². The Bertz CT molecular complexity index is 1120. The van der Waals surface area contributed by atoms with E-state index in [4.69, 9.17) is 8.85 Å². The fourth-order valence-electron chi connectivity index (χ4n) is 4.44. The van der Waals surface area contributed by atoms with Crippen LogP contribution in [-0.4, -0.2) is 16.6 Å². The zero-order chi connectivity index (χ0) is 23.4. The molecule has 4 heteroatoms. The van der Waals surface area contributed by atoms with Crippen molar-refractivity contribution in [3.05, 3.63) is 72.8 Å². The Hall–Kier alpha value is -2.31. The molecule has 0 bridgehead atoms. The summed E-state index contributed by atoms with van der Waals surface area (Å²) in [4.78, 5) is 0.